The van der Waals surface area contributed by atoms with E-state index in [0.717, 1.165) is 23.5 Å². The number of carbonyl (C=O) groups excluding carboxylic acids is 1. The topological polar surface area (TPSA) is 29.1 Å². The molecule has 2 nitrogen and oxygen atoms in total. The van der Waals surface area contributed by atoms with Crippen molar-refractivity contribution in [2.24, 2.45) is 0 Å². The molecule has 1 amide bonds. The molecule has 0 atom stereocenters. The van der Waals surface area contributed by atoms with Crippen LogP contribution < -0.4 is 5.32 Å². The summed E-state index contributed by atoms with van der Waals surface area (Å²) in [5.41, 5.74) is -7.03. The van der Waals surface area contributed by atoms with Crippen molar-refractivity contribution < 1.29 is 53.1 Å². The van der Waals surface area contributed by atoms with Crippen LogP contribution in [-0.2, 0) is 4.79 Å². The van der Waals surface area contributed by atoms with Gasteiger partial charge in [-0.05, 0) is 40.5 Å². The van der Waals surface area contributed by atoms with Gasteiger partial charge in [-0.2, -0.15) is 43.9 Å². The predicted molar refractivity (Wildman–Crippen MR) is 76.1 cm³/mol. The molecule has 0 heterocycles. The minimum atomic E-state index is -7.37. The van der Waals surface area contributed by atoms with E-state index in [2.05, 4.69) is 15.9 Å². The molecule has 1 N–H and O–H groups in total. The summed E-state index contributed by atoms with van der Waals surface area (Å²) in [6.07, 6.45) is 0. The SMILES string of the molecule is Cc1ccc(NC(=O)C2(F)C(F)(F)C(F)(F)C(F)(F)C(F)(F)C2(F)F)c(Br)c1. The van der Waals surface area contributed by atoms with Gasteiger partial charge in [-0.3, -0.25) is 4.79 Å². The van der Waals surface area contributed by atoms with Gasteiger partial charge in [-0.25, -0.2) is 4.39 Å². The molecule has 0 unspecified atom stereocenters. The Hall–Kier alpha value is -1.60. The lowest BCUT2D eigenvalue weighted by Gasteiger charge is -2.51. The molecule has 1 saturated carbocycles. The van der Waals surface area contributed by atoms with Gasteiger partial charge in [0, 0.05) is 4.47 Å². The lowest BCUT2D eigenvalue weighted by atomic mass is 9.71. The Morgan fingerprint density at radius 1 is 0.786 bits per heavy atom. The zero-order valence-corrected chi connectivity index (χ0v) is 14.8. The average Bonchev–Trinajstić information content (AvgIpc) is 2.54. The molecule has 1 fully saturated rings. The standard InChI is InChI=1S/C14H7BrF11NO/c1-5-2-3-7(6(15)4-5)27-8(28)9(16)10(17,18)12(21,22)14(25,26)13(23,24)11(9,19)20/h2-4H,1H3,(H,27,28). The summed E-state index contributed by atoms with van der Waals surface area (Å²) < 4.78 is 149. The van der Waals surface area contributed by atoms with E-state index in [4.69, 9.17) is 0 Å². The van der Waals surface area contributed by atoms with Crippen LogP contribution in [0.4, 0.5) is 54.0 Å². The number of hydrogen-bond donors (Lipinski definition) is 1. The summed E-state index contributed by atoms with van der Waals surface area (Å²) in [7, 11) is 0. The van der Waals surface area contributed by atoms with Crippen molar-refractivity contribution in [3.8, 4) is 0 Å². The number of aryl methyl sites for hydroxylation is 1. The zero-order chi connectivity index (χ0) is 22.1. The summed E-state index contributed by atoms with van der Waals surface area (Å²) in [4.78, 5) is 11.8. The van der Waals surface area contributed by atoms with Gasteiger partial charge < -0.3 is 5.32 Å². The molecule has 0 radical (unpaired) electrons. The van der Waals surface area contributed by atoms with Crippen molar-refractivity contribution in [1.82, 2.24) is 0 Å². The van der Waals surface area contributed by atoms with Gasteiger partial charge in [0.1, 0.15) is 0 Å². The fourth-order valence-electron chi connectivity index (χ4n) is 2.44. The Labute approximate surface area is 157 Å². The minimum absolute atomic E-state index is 0.254. The van der Waals surface area contributed by atoms with Crippen LogP contribution in [0.3, 0.4) is 0 Å². The van der Waals surface area contributed by atoms with Crippen LogP contribution in [0.5, 0.6) is 0 Å². The smallest absolute Gasteiger partial charge is 0.322 e. The molecule has 1 aromatic rings. The molecule has 0 spiro atoms. The minimum Gasteiger partial charge on any atom is -0.322 e. The number of amides is 1. The van der Waals surface area contributed by atoms with Crippen LogP contribution in [0.1, 0.15) is 5.56 Å². The van der Waals surface area contributed by atoms with Crippen molar-refractivity contribution in [3.63, 3.8) is 0 Å². The number of carbonyl (C=O) groups is 1. The highest BCUT2D eigenvalue weighted by Crippen LogP contribution is 2.69. The second-order valence-electron chi connectivity index (χ2n) is 5.97. The summed E-state index contributed by atoms with van der Waals surface area (Å²) in [6, 6.07) is 3.07. The summed E-state index contributed by atoms with van der Waals surface area (Å²) in [5, 5.41) is 1.03. The van der Waals surface area contributed by atoms with Gasteiger partial charge >= 0.3 is 35.3 Å². The fraction of sp³-hybridized carbons (Fsp3) is 0.500. The number of nitrogens with one attached hydrogen (secondary N) is 1. The monoisotopic (exact) mass is 493 g/mol. The molecule has 2 rings (SSSR count). The zero-order valence-electron chi connectivity index (χ0n) is 13.2. The van der Waals surface area contributed by atoms with Crippen molar-refractivity contribution >= 4 is 27.5 Å². The first-order valence-electron chi connectivity index (χ1n) is 6.96. The van der Waals surface area contributed by atoms with E-state index in [1.807, 2.05) is 0 Å². The van der Waals surface area contributed by atoms with E-state index >= 15 is 0 Å². The average molecular weight is 494 g/mol. The highest BCUT2D eigenvalue weighted by molar-refractivity contribution is 9.10. The molecule has 0 aromatic heterocycles. The second-order valence-corrected chi connectivity index (χ2v) is 6.82. The van der Waals surface area contributed by atoms with Gasteiger partial charge in [-0.15, -0.1) is 0 Å². The molecular formula is C14H7BrF11NO. The molecule has 0 bridgehead atoms. The van der Waals surface area contributed by atoms with Crippen LogP contribution in [0.2, 0.25) is 0 Å². The molecule has 1 aromatic carbocycles. The van der Waals surface area contributed by atoms with Gasteiger partial charge in [0.2, 0.25) is 0 Å². The number of alkyl halides is 11. The van der Waals surface area contributed by atoms with Crippen LogP contribution in [-0.4, -0.2) is 41.2 Å². The third-order valence-corrected chi connectivity index (χ3v) is 4.78. The number of anilines is 1. The number of hydrogen-bond acceptors (Lipinski definition) is 1. The van der Waals surface area contributed by atoms with Gasteiger partial charge in [0.05, 0.1) is 5.69 Å². The van der Waals surface area contributed by atoms with Crippen molar-refractivity contribution in [2.45, 2.75) is 42.2 Å². The van der Waals surface area contributed by atoms with Crippen molar-refractivity contribution in [2.75, 3.05) is 5.32 Å². The van der Waals surface area contributed by atoms with Crippen molar-refractivity contribution in [1.29, 1.82) is 0 Å². The summed E-state index contributed by atoms with van der Waals surface area (Å²) in [5.74, 6) is -39.8. The molecule has 0 aliphatic heterocycles. The summed E-state index contributed by atoms with van der Waals surface area (Å²) >= 11 is 2.71. The van der Waals surface area contributed by atoms with E-state index in [1.165, 1.54) is 6.92 Å². The van der Waals surface area contributed by atoms with E-state index < -0.39 is 46.9 Å². The maximum Gasteiger partial charge on any atom is 0.384 e. The van der Waals surface area contributed by atoms with E-state index in [-0.39, 0.29) is 4.47 Å². The van der Waals surface area contributed by atoms with Crippen molar-refractivity contribution in [3.05, 3.63) is 28.2 Å². The third-order valence-electron chi connectivity index (χ3n) is 4.13. The maximum absolute atomic E-state index is 14.5. The third kappa shape index (κ3) is 2.35. The lowest BCUT2D eigenvalue weighted by Crippen LogP contribution is -2.86. The fourth-order valence-corrected chi connectivity index (χ4v) is 3.03. The quantitative estimate of drug-likeness (QED) is 0.534. The van der Waals surface area contributed by atoms with Gasteiger partial charge in [0.15, 0.2) is 0 Å². The first-order valence-corrected chi connectivity index (χ1v) is 7.75. The number of rotatable bonds is 2. The Kier molecular flexibility index (Phi) is 4.82. The van der Waals surface area contributed by atoms with Crippen LogP contribution >= 0.6 is 15.9 Å². The molecular weight excluding hydrogens is 487 g/mol. The van der Waals surface area contributed by atoms with Crippen LogP contribution in [0.15, 0.2) is 22.7 Å². The maximum atomic E-state index is 14.5. The first kappa shape index (κ1) is 22.7. The number of benzene rings is 1. The molecule has 28 heavy (non-hydrogen) atoms. The van der Waals surface area contributed by atoms with E-state index in [1.54, 1.807) is 0 Å². The molecule has 158 valence electrons. The molecule has 14 heteroatoms. The first-order chi connectivity index (χ1) is 12.3. The second kappa shape index (κ2) is 5.95. The molecule has 1 aliphatic rings. The Balaban J connectivity index is 2.69. The normalized spacial score (nSPS) is 25.8. The lowest BCUT2D eigenvalue weighted by molar-refractivity contribution is -0.475. The highest BCUT2D eigenvalue weighted by Gasteiger charge is 3.02. The van der Waals surface area contributed by atoms with E-state index in [9.17, 15) is 53.1 Å². The Bertz CT molecular complexity index is 794. The molecule has 0 saturated heterocycles. The van der Waals surface area contributed by atoms with Gasteiger partial charge in [-0.1, -0.05) is 6.07 Å². The predicted octanol–water partition coefficient (Wildman–Crippen LogP) is 5.59. The van der Waals surface area contributed by atoms with Crippen LogP contribution in [0.25, 0.3) is 0 Å². The van der Waals surface area contributed by atoms with Crippen LogP contribution in [0, 0.1) is 6.92 Å². The molecule has 1 aliphatic carbocycles. The highest BCUT2D eigenvalue weighted by atomic mass is 79.9. The van der Waals surface area contributed by atoms with Gasteiger partial charge in [0.25, 0.3) is 5.91 Å². The Morgan fingerprint density at radius 2 is 1.18 bits per heavy atom. The van der Waals surface area contributed by atoms with E-state index in [0.29, 0.717) is 5.56 Å². The Morgan fingerprint density at radius 3 is 1.57 bits per heavy atom. The summed E-state index contributed by atoms with van der Waals surface area (Å²) in [6.45, 7) is 1.46. The largest absolute Gasteiger partial charge is 0.384 e. The number of halogens is 12.